The highest BCUT2D eigenvalue weighted by Crippen LogP contribution is 2.41. The number of rotatable bonds is 51. The first-order valence-electron chi connectivity index (χ1n) is 49.1. The van der Waals surface area contributed by atoms with Gasteiger partial charge in [-0.15, -0.1) is 0 Å². The predicted molar refractivity (Wildman–Crippen MR) is 529 cm³/mol. The van der Waals surface area contributed by atoms with Crippen LogP contribution in [0.2, 0.25) is 0 Å². The summed E-state index contributed by atoms with van der Waals surface area (Å²) in [4.78, 5) is 252. The summed E-state index contributed by atoms with van der Waals surface area (Å²) in [6.07, 6.45) is 11.0. The van der Waals surface area contributed by atoms with Gasteiger partial charge in [-0.25, -0.2) is 14.8 Å². The van der Waals surface area contributed by atoms with Crippen LogP contribution in [0.4, 0.5) is 0 Å². The molecule has 0 spiro atoms. The summed E-state index contributed by atoms with van der Waals surface area (Å²) in [5, 5.41) is 62.6. The van der Waals surface area contributed by atoms with Crippen molar-refractivity contribution in [2.75, 3.05) is 59.4 Å². The molecule has 5 aliphatic rings. The number of halogens is 1. The number of aliphatic carboxylic acids is 1. The monoisotopic (exact) mass is 2030 g/mol. The number of unbranched alkanes of at least 4 members (excludes halogenated alkanes) is 1. The van der Waals surface area contributed by atoms with Crippen molar-refractivity contribution in [3.05, 3.63) is 131 Å². The number of benzene rings is 3. The average molecular weight is 2040 g/mol. The third-order valence-electron chi connectivity index (χ3n) is 27.1. The third-order valence-corrected chi connectivity index (χ3v) is 27.6. The SMILES string of the molecule is CC(C)C[C@H](NC(=O)[C@@H](CCCNC(=N)N)NC(=O)[C@@H]1CCCN1C(=O)[C@H](CCCCNC(=N)N)NC(=O)[C@H](CCC(N)=O)NC(=O)C(C)(C)C(=O)NCCc1cnc[nH]1)C(=O)NC(C)(C)C(=O)N[C@@H](Cc1cnc[nH]1)C(=O)N[C@@H](CC1CCNCC1)C(=O)NCC(=O)N1[C@H](C(=O)N[C@@H](Cc2ccc(Br)cc2)C(=O)N2CCC[C@H]2C(=O)N(C)[C@H](Cc2ccc(-c3ccccc3)cc2)C(=O)O)C[C@@H]2CCCC[C@@H]21. The molecular formula is C98H141BrN26O17. The number of nitrogens with one attached hydrogen (secondary N) is 17. The molecule has 2 aromatic heterocycles. The lowest BCUT2D eigenvalue weighted by Crippen LogP contribution is -2.63. The van der Waals surface area contributed by atoms with Crippen LogP contribution in [0, 0.1) is 34.0 Å². The number of imidazole rings is 2. The van der Waals surface area contributed by atoms with Gasteiger partial charge in [-0.1, -0.05) is 109 Å². The Morgan fingerprint density at radius 3 is 1.73 bits per heavy atom. The van der Waals surface area contributed by atoms with Crippen LogP contribution in [-0.2, 0) is 102 Å². The van der Waals surface area contributed by atoms with Gasteiger partial charge in [0.1, 0.15) is 77.4 Å². The van der Waals surface area contributed by atoms with Crippen molar-refractivity contribution >= 4 is 122 Å². The van der Waals surface area contributed by atoms with E-state index in [1.165, 1.54) is 73.2 Å². The average Bonchev–Trinajstić information content (AvgIpc) is 1.56. The number of nitrogens with zero attached hydrogens (tertiary/aromatic N) is 6. The molecule has 4 aliphatic heterocycles. The molecule has 44 heteroatoms. The van der Waals surface area contributed by atoms with E-state index < -0.39 is 191 Å². The summed E-state index contributed by atoms with van der Waals surface area (Å²) in [6.45, 7) is 10.1. The van der Waals surface area contributed by atoms with Gasteiger partial charge in [0.25, 0.3) is 0 Å². The van der Waals surface area contributed by atoms with E-state index in [2.05, 4.69) is 105 Å². The second-order valence-corrected chi connectivity index (χ2v) is 39.9. The first-order chi connectivity index (χ1) is 67.7. The molecule has 5 fully saturated rings. The van der Waals surface area contributed by atoms with E-state index in [1.807, 2.05) is 54.6 Å². The highest BCUT2D eigenvalue weighted by Gasteiger charge is 2.51. The first kappa shape index (κ1) is 111. The van der Waals surface area contributed by atoms with Gasteiger partial charge in [-0.2, -0.15) is 0 Å². The largest absolute Gasteiger partial charge is 0.480 e. The Labute approximate surface area is 834 Å². The third kappa shape index (κ3) is 32.0. The molecule has 142 heavy (non-hydrogen) atoms. The number of amides is 15. The molecular weight excluding hydrogens is 1890 g/mol. The number of aromatic nitrogens is 4. The van der Waals surface area contributed by atoms with Crippen LogP contribution < -0.4 is 86.3 Å². The van der Waals surface area contributed by atoms with E-state index >= 15 is 28.8 Å². The number of H-pyrrole nitrogens is 2. The fraction of sp³-hybridized carbons (Fsp3) is 0.571. The number of guanidine groups is 2. The van der Waals surface area contributed by atoms with Crippen LogP contribution in [0.3, 0.4) is 0 Å². The Hall–Kier alpha value is -13.4. The Kier molecular flexibility index (Phi) is 41.2. The minimum Gasteiger partial charge on any atom is -0.480 e. The molecule has 0 bridgehead atoms. The van der Waals surface area contributed by atoms with Gasteiger partial charge >= 0.3 is 5.97 Å². The molecule has 3 aromatic carbocycles. The van der Waals surface area contributed by atoms with Gasteiger partial charge in [0.2, 0.25) is 88.6 Å². The van der Waals surface area contributed by atoms with Crippen LogP contribution in [0.15, 0.2) is 108 Å². The second-order valence-electron chi connectivity index (χ2n) is 39.0. The summed E-state index contributed by atoms with van der Waals surface area (Å²) in [6, 6.07) is 9.33. The van der Waals surface area contributed by atoms with Gasteiger partial charge < -0.3 is 121 Å². The van der Waals surface area contributed by atoms with Crippen LogP contribution in [0.25, 0.3) is 11.1 Å². The zero-order valence-corrected chi connectivity index (χ0v) is 83.5. The number of fused-ring (bicyclic) bond motifs is 1. The zero-order chi connectivity index (χ0) is 103. The number of carboxylic acid groups (broad SMARTS) is 1. The maximum Gasteiger partial charge on any atom is 0.326 e. The smallest absolute Gasteiger partial charge is 0.326 e. The van der Waals surface area contributed by atoms with Gasteiger partial charge in [-0.3, -0.25) is 82.7 Å². The number of likely N-dealkylation sites (tertiary alicyclic amines) is 3. The van der Waals surface area contributed by atoms with Crippen LogP contribution in [0.1, 0.15) is 192 Å². The molecule has 1 aliphatic carbocycles. The van der Waals surface area contributed by atoms with Crippen molar-refractivity contribution in [2.45, 2.75) is 274 Å². The van der Waals surface area contributed by atoms with Gasteiger partial charge in [0.15, 0.2) is 11.9 Å². The zero-order valence-electron chi connectivity index (χ0n) is 81.9. The Morgan fingerprint density at radius 2 is 1.09 bits per heavy atom. The van der Waals surface area contributed by atoms with Crippen LogP contribution >= 0.6 is 15.9 Å². The molecule has 5 aromatic rings. The lowest BCUT2D eigenvalue weighted by Gasteiger charge is -2.35. The number of primary amides is 1. The van der Waals surface area contributed by atoms with Crippen molar-refractivity contribution in [1.82, 2.24) is 109 Å². The van der Waals surface area contributed by atoms with E-state index in [-0.39, 0.29) is 152 Å². The highest BCUT2D eigenvalue weighted by atomic mass is 79.9. The molecule has 4 saturated heterocycles. The van der Waals surface area contributed by atoms with Crippen molar-refractivity contribution in [1.29, 1.82) is 10.8 Å². The number of aromatic amines is 2. The van der Waals surface area contributed by atoms with Crippen molar-refractivity contribution in [3.63, 3.8) is 0 Å². The number of carbonyl (C=O) groups excluding carboxylic acids is 15. The Bertz CT molecular complexity index is 5200. The molecule has 1 saturated carbocycles. The molecule has 0 unspecified atom stereocenters. The lowest BCUT2D eigenvalue weighted by atomic mass is 9.84. The Morgan fingerprint density at radius 1 is 0.535 bits per heavy atom. The standard InChI is InChI=1S/C98H141BrN26O17/c1-57(2)46-70(116-82(129)67(22-15-40-110-96(103)104)114-86(133)75-24-16-44-123(75)88(135)69(21-13-14-39-109-95(101)102)115-83(130)68(34-35-79(100)126)119-93(141)97(3,4)92(140)108-43-38-65-52-106-55-112-65)85(132)121-98(5,6)94(142)120-72(51-66-53-107-56-113-66)84(131)117-71(47-60-36-41-105-42-37-60)81(128)111-54-80(127)125-74-23-12-11-20-63(74)50-77(125)87(134)118-73(48-58-28-32-64(99)33-29-58)89(136)124-45-17-25-76(124)90(137)122(7)78(91(138)139)49-59-26-30-62(31-27-59)61-18-9-8-10-19-61/h8-10,18-19,26-33,52-53,55-57,60,63,67-78,105H,11-17,20-25,34-51,54H2,1-7H3,(H2,100,126)(H,106,112)(H,107,113)(H,108,140)(H,111,128)(H,114,133)(H,115,130)(H,116,129)(H,117,131)(H,118,134)(H,119,141)(H,120,142)(H,121,132)(H,138,139)(H4,101,102,109)(H4,103,104,110)/t63-,67+,68-,69-,70-,71-,72-,73-,74-,75-,76-,77-,78+/m0/s1. The molecule has 15 amide bonds. The highest BCUT2D eigenvalue weighted by molar-refractivity contribution is 9.10. The van der Waals surface area contributed by atoms with Crippen LogP contribution in [-0.4, -0.2) is 289 Å². The summed E-state index contributed by atoms with van der Waals surface area (Å²) in [5.41, 5.74) is 17.4. The van der Waals surface area contributed by atoms with Gasteiger partial charge in [-0.05, 0) is 202 Å². The van der Waals surface area contributed by atoms with Crippen LogP contribution in [0.5, 0.6) is 0 Å². The maximum absolute atomic E-state index is 15.3. The summed E-state index contributed by atoms with van der Waals surface area (Å²) < 4.78 is 0.759. The normalized spacial score (nSPS) is 18.6. The fourth-order valence-electron chi connectivity index (χ4n) is 19.0. The number of hydrogen-bond donors (Lipinski definition) is 21. The van der Waals surface area contributed by atoms with Crippen molar-refractivity contribution in [3.8, 4) is 11.1 Å². The van der Waals surface area contributed by atoms with Gasteiger partial charge in [0, 0.05) is 106 Å². The lowest BCUT2D eigenvalue weighted by molar-refractivity contribution is -0.153. The predicted octanol–water partition coefficient (Wildman–Crippen LogP) is 1.05. The number of carbonyl (C=O) groups is 16. The summed E-state index contributed by atoms with van der Waals surface area (Å²) >= 11 is 3.49. The number of piperidine rings is 1. The van der Waals surface area contributed by atoms with E-state index in [1.54, 1.807) is 44.3 Å². The molecule has 13 atom stereocenters. The number of nitrogens with two attached hydrogens (primary N) is 3. The first-order valence-corrected chi connectivity index (χ1v) is 49.9. The molecule has 6 heterocycles. The maximum atomic E-state index is 15.3. The molecule has 772 valence electrons. The molecule has 10 rings (SSSR count). The summed E-state index contributed by atoms with van der Waals surface area (Å²) in [5.74, 6) is -13.9. The van der Waals surface area contributed by atoms with E-state index in [0.29, 0.717) is 74.9 Å². The number of carboxylic acids is 1. The fourth-order valence-corrected chi connectivity index (χ4v) is 19.3. The van der Waals surface area contributed by atoms with Crippen molar-refractivity contribution < 1.29 is 81.8 Å². The number of likely N-dealkylation sites (N-methyl/N-ethyl adjacent to an activating group) is 1. The van der Waals surface area contributed by atoms with Gasteiger partial charge in [0.05, 0.1) is 19.2 Å². The van der Waals surface area contributed by atoms with E-state index in [0.717, 1.165) is 34.1 Å². The molecule has 0 radical (unpaired) electrons. The Balaban J connectivity index is 0.810. The van der Waals surface area contributed by atoms with Crippen molar-refractivity contribution in [2.24, 2.45) is 40.4 Å². The van der Waals surface area contributed by atoms with E-state index in [4.69, 9.17) is 28.0 Å². The van der Waals surface area contributed by atoms with E-state index in [9.17, 15) is 53.1 Å². The minimum absolute atomic E-state index is 0.00284. The topological polar surface area (TPSA) is 646 Å². The molecule has 24 N–H and O–H groups in total. The quantitative estimate of drug-likeness (QED) is 0.0112. The summed E-state index contributed by atoms with van der Waals surface area (Å²) in [7, 11) is 1.42. The molecule has 43 nitrogen and oxygen atoms in total. The number of hydrogen-bond acceptors (Lipinski definition) is 21. The minimum atomic E-state index is -1.89. The second kappa shape index (κ2) is 52.9.